The molecule has 0 aliphatic rings. The van der Waals surface area contributed by atoms with Gasteiger partial charge in [0.1, 0.15) is 18.2 Å². The van der Waals surface area contributed by atoms with Crippen molar-refractivity contribution in [2.45, 2.75) is 25.3 Å². The molecule has 2 aromatic rings. The molecule has 0 amide bonds. The van der Waals surface area contributed by atoms with Crippen molar-refractivity contribution >= 4 is 11.3 Å². The van der Waals surface area contributed by atoms with Crippen molar-refractivity contribution in [2.24, 2.45) is 5.73 Å². The molecular formula is C18H20FNO2S. The van der Waals surface area contributed by atoms with Crippen LogP contribution in [0.15, 0.2) is 36.4 Å². The van der Waals surface area contributed by atoms with Crippen LogP contribution < -0.4 is 10.5 Å². The minimum absolute atomic E-state index is 0.0253. The fourth-order valence-corrected chi connectivity index (χ4v) is 2.75. The number of halogens is 1. The number of nitrogens with two attached hydrogens (primary N) is 1. The third-order valence-corrected chi connectivity index (χ3v) is 4.34. The molecule has 1 atom stereocenters. The molecule has 3 nitrogen and oxygen atoms in total. The minimum Gasteiger partial charge on any atom is -0.481 e. The van der Waals surface area contributed by atoms with Crippen molar-refractivity contribution in [3.63, 3.8) is 0 Å². The van der Waals surface area contributed by atoms with Crippen LogP contribution in [-0.2, 0) is 6.42 Å². The predicted octanol–water partition coefficient (Wildman–Crippen LogP) is 2.96. The first-order valence-corrected chi connectivity index (χ1v) is 8.16. The van der Waals surface area contributed by atoms with Crippen LogP contribution in [0.2, 0.25) is 0 Å². The average Bonchev–Trinajstić information content (AvgIpc) is 2.98. The maximum absolute atomic E-state index is 13.0. The maximum Gasteiger partial charge on any atom is 0.149 e. The molecule has 3 N–H and O–H groups in total. The molecule has 0 aliphatic heterocycles. The highest BCUT2D eigenvalue weighted by Gasteiger charge is 2.16. The number of benzene rings is 1. The molecule has 1 aromatic heterocycles. The van der Waals surface area contributed by atoms with E-state index in [9.17, 15) is 4.39 Å². The fourth-order valence-electron chi connectivity index (χ4n) is 1.87. The molecule has 122 valence electrons. The number of ether oxygens (including phenoxy) is 1. The highest BCUT2D eigenvalue weighted by atomic mass is 32.1. The van der Waals surface area contributed by atoms with Crippen molar-refractivity contribution in [1.29, 1.82) is 0 Å². The fraction of sp³-hybridized carbons (Fsp3) is 0.333. The summed E-state index contributed by atoms with van der Waals surface area (Å²) in [5.74, 6) is 6.09. The zero-order valence-corrected chi connectivity index (χ0v) is 13.8. The molecule has 23 heavy (non-hydrogen) atoms. The van der Waals surface area contributed by atoms with Crippen molar-refractivity contribution in [2.75, 3.05) is 13.2 Å². The Labute approximate surface area is 139 Å². The number of aryl methyl sites for hydroxylation is 1. The van der Waals surface area contributed by atoms with E-state index in [1.807, 2.05) is 19.1 Å². The summed E-state index contributed by atoms with van der Waals surface area (Å²) in [6.07, 6.45) is 1.54. The van der Waals surface area contributed by atoms with Crippen molar-refractivity contribution in [3.05, 3.63) is 52.0 Å². The van der Waals surface area contributed by atoms with Crippen molar-refractivity contribution in [3.8, 4) is 17.6 Å². The lowest BCUT2D eigenvalue weighted by Crippen LogP contribution is -2.40. The van der Waals surface area contributed by atoms with Gasteiger partial charge in [0, 0.05) is 16.5 Å². The molecule has 0 saturated carbocycles. The maximum atomic E-state index is 13.0. The predicted molar refractivity (Wildman–Crippen MR) is 91.1 cm³/mol. The van der Waals surface area contributed by atoms with E-state index < -0.39 is 5.54 Å². The average molecular weight is 333 g/mol. The third kappa shape index (κ3) is 6.03. The Bertz CT molecular complexity index is 700. The van der Waals surface area contributed by atoms with Crippen molar-refractivity contribution in [1.82, 2.24) is 0 Å². The Kier molecular flexibility index (Phi) is 6.17. The topological polar surface area (TPSA) is 55.5 Å². The van der Waals surface area contributed by atoms with Gasteiger partial charge in [-0.3, -0.25) is 0 Å². The molecule has 0 radical (unpaired) electrons. The van der Waals surface area contributed by atoms with E-state index in [-0.39, 0.29) is 19.0 Å². The zero-order valence-electron chi connectivity index (χ0n) is 13.0. The van der Waals surface area contributed by atoms with E-state index >= 15 is 0 Å². The van der Waals surface area contributed by atoms with Gasteiger partial charge in [-0.25, -0.2) is 4.39 Å². The van der Waals surface area contributed by atoms with Gasteiger partial charge in [0.25, 0.3) is 0 Å². The normalized spacial score (nSPS) is 13.0. The molecular weight excluding hydrogens is 313 g/mol. The molecule has 0 fully saturated rings. The lowest BCUT2D eigenvalue weighted by atomic mass is 9.98. The van der Waals surface area contributed by atoms with Gasteiger partial charge < -0.3 is 15.6 Å². The second-order valence-electron chi connectivity index (χ2n) is 5.63. The second-order valence-corrected chi connectivity index (χ2v) is 6.79. The van der Waals surface area contributed by atoms with E-state index in [0.29, 0.717) is 5.75 Å². The number of hydrogen-bond donors (Lipinski definition) is 2. The summed E-state index contributed by atoms with van der Waals surface area (Å²) in [6, 6.07) is 9.97. The standard InChI is InChI=1S/C18H20FNO2S/c1-18(20,13-21)10-9-17-8-7-16(23-17)6-3-11-22-15-5-2-4-14(19)12-15/h2,4-5,7-8,12,21H,9-11,13,20H2,1H3. The molecule has 1 heterocycles. The summed E-state index contributed by atoms with van der Waals surface area (Å²) in [6.45, 7) is 2.02. The lowest BCUT2D eigenvalue weighted by Gasteiger charge is -2.20. The summed E-state index contributed by atoms with van der Waals surface area (Å²) in [7, 11) is 0. The van der Waals surface area contributed by atoms with Gasteiger partial charge >= 0.3 is 0 Å². The molecule has 5 heteroatoms. The molecule has 2 rings (SSSR count). The molecule has 1 unspecified atom stereocenters. The summed E-state index contributed by atoms with van der Waals surface area (Å²) in [5, 5.41) is 9.15. The molecule has 0 spiro atoms. The number of hydrogen-bond acceptors (Lipinski definition) is 4. The van der Waals surface area contributed by atoms with Gasteiger partial charge in [-0.2, -0.15) is 0 Å². The number of aliphatic hydroxyl groups excluding tert-OH is 1. The van der Waals surface area contributed by atoms with Crippen molar-refractivity contribution < 1.29 is 14.2 Å². The smallest absolute Gasteiger partial charge is 0.149 e. The molecule has 0 aliphatic carbocycles. The van der Waals surface area contributed by atoms with Crippen LogP contribution in [0.3, 0.4) is 0 Å². The van der Waals surface area contributed by atoms with Crippen LogP contribution in [0.4, 0.5) is 4.39 Å². The summed E-state index contributed by atoms with van der Waals surface area (Å²) in [4.78, 5) is 2.14. The Morgan fingerprint density at radius 1 is 1.35 bits per heavy atom. The van der Waals surface area contributed by atoms with Crippen LogP contribution in [0.25, 0.3) is 0 Å². The quantitative estimate of drug-likeness (QED) is 0.799. The van der Waals surface area contributed by atoms with Crippen LogP contribution in [0.1, 0.15) is 23.1 Å². The molecule has 1 aromatic carbocycles. The van der Waals surface area contributed by atoms with Crippen LogP contribution >= 0.6 is 11.3 Å². The minimum atomic E-state index is -0.547. The summed E-state index contributed by atoms with van der Waals surface area (Å²) < 4.78 is 18.4. The highest BCUT2D eigenvalue weighted by molar-refractivity contribution is 7.12. The zero-order chi connectivity index (χ0) is 16.7. The Morgan fingerprint density at radius 3 is 2.91 bits per heavy atom. The van der Waals surface area contributed by atoms with E-state index in [0.717, 1.165) is 17.7 Å². The Hall–Kier alpha value is -1.87. The Morgan fingerprint density at radius 2 is 2.17 bits per heavy atom. The van der Waals surface area contributed by atoms with Gasteiger partial charge in [0.05, 0.1) is 11.5 Å². The van der Waals surface area contributed by atoms with Gasteiger partial charge in [-0.1, -0.05) is 17.9 Å². The monoisotopic (exact) mass is 333 g/mol. The second kappa shape index (κ2) is 8.11. The first kappa shape index (κ1) is 17.5. The van der Waals surface area contributed by atoms with E-state index in [1.165, 1.54) is 17.0 Å². The molecule has 0 saturated heterocycles. The van der Waals surface area contributed by atoms with Gasteiger partial charge in [0.2, 0.25) is 0 Å². The number of thiophene rings is 1. The number of aliphatic hydroxyl groups is 1. The van der Waals surface area contributed by atoms with Crippen LogP contribution in [0.5, 0.6) is 5.75 Å². The summed E-state index contributed by atoms with van der Waals surface area (Å²) >= 11 is 1.61. The first-order valence-electron chi connectivity index (χ1n) is 7.34. The Balaban J connectivity index is 1.83. The van der Waals surface area contributed by atoms with Gasteiger partial charge in [-0.05, 0) is 44.0 Å². The van der Waals surface area contributed by atoms with E-state index in [2.05, 4.69) is 11.8 Å². The summed E-state index contributed by atoms with van der Waals surface area (Å²) in [5.41, 5.74) is 5.37. The molecule has 0 bridgehead atoms. The third-order valence-electron chi connectivity index (χ3n) is 3.28. The first-order chi connectivity index (χ1) is 11.0. The van der Waals surface area contributed by atoms with E-state index in [1.54, 1.807) is 23.5 Å². The number of rotatable bonds is 6. The van der Waals surface area contributed by atoms with E-state index in [4.69, 9.17) is 15.6 Å². The van der Waals surface area contributed by atoms with Crippen LogP contribution in [0, 0.1) is 17.7 Å². The van der Waals surface area contributed by atoms with Gasteiger partial charge in [-0.15, -0.1) is 11.3 Å². The largest absolute Gasteiger partial charge is 0.481 e. The highest BCUT2D eigenvalue weighted by Crippen LogP contribution is 2.19. The van der Waals surface area contributed by atoms with Crippen LogP contribution in [-0.4, -0.2) is 23.9 Å². The SMILES string of the molecule is CC(N)(CO)CCc1ccc(C#CCOc2cccc(F)c2)s1. The van der Waals surface area contributed by atoms with Gasteiger partial charge in [0.15, 0.2) is 0 Å². The lowest BCUT2D eigenvalue weighted by molar-refractivity contribution is 0.201.